The van der Waals surface area contributed by atoms with Crippen molar-refractivity contribution in [3.63, 3.8) is 0 Å². The summed E-state index contributed by atoms with van der Waals surface area (Å²) in [5.74, 6) is -0.564. The van der Waals surface area contributed by atoms with Crippen molar-refractivity contribution >= 4 is 29.3 Å². The van der Waals surface area contributed by atoms with Gasteiger partial charge < -0.3 is 5.11 Å². The third kappa shape index (κ3) is 5.99. The lowest BCUT2D eigenvalue weighted by molar-refractivity contribution is -0.137. The number of carboxylic acid groups (broad SMARTS) is 1. The molecule has 1 N–H and O–H groups in total. The zero-order valence-corrected chi connectivity index (χ0v) is 21.7. The summed E-state index contributed by atoms with van der Waals surface area (Å²) in [5, 5.41) is 8.98. The molecule has 3 aromatic rings. The molecule has 2 nitrogen and oxygen atoms in total. The number of alkyl halides is 3. The van der Waals surface area contributed by atoms with Crippen LogP contribution < -0.4 is 0 Å². The molecule has 0 bridgehead atoms. The predicted molar refractivity (Wildman–Crippen MR) is 148 cm³/mol. The van der Waals surface area contributed by atoms with Crippen LogP contribution in [0.3, 0.4) is 0 Å². The lowest BCUT2D eigenvalue weighted by Crippen LogP contribution is -2.14. The predicted octanol–water partition coefficient (Wildman–Crippen LogP) is 9.04. The molecular formula is C33H31F3O2. The lowest BCUT2D eigenvalue weighted by atomic mass is 9.78. The van der Waals surface area contributed by atoms with E-state index < -0.39 is 17.7 Å². The van der Waals surface area contributed by atoms with Crippen LogP contribution in [0.4, 0.5) is 13.2 Å². The Hall–Kier alpha value is -3.86. The standard InChI is InChI=1S/C33H31F3O2/c1-4-29(27-10-7-11-28(19-27)33(34,35)36)32(24-15-12-23(13-16-24)14-17-31(37)38)30-20-26-9-6-5-8-25(26)18-21(2)22(30)3/h5-17,19-22H,4,18H2,1-3H3,(H,37,38)/b17-14+,32-29+/t21-,22?/m1/s1. The number of benzene rings is 3. The first-order valence-corrected chi connectivity index (χ1v) is 12.8. The second-order valence-electron chi connectivity index (χ2n) is 9.85. The second-order valence-corrected chi connectivity index (χ2v) is 9.85. The maximum atomic E-state index is 13.6. The van der Waals surface area contributed by atoms with Gasteiger partial charge in [-0.2, -0.15) is 13.2 Å². The van der Waals surface area contributed by atoms with Crippen molar-refractivity contribution in [2.45, 2.75) is 39.8 Å². The summed E-state index contributed by atoms with van der Waals surface area (Å²) in [6.07, 6.45) is 1.82. The third-order valence-electron chi connectivity index (χ3n) is 7.35. The van der Waals surface area contributed by atoms with E-state index in [1.807, 2.05) is 43.3 Å². The fourth-order valence-corrected chi connectivity index (χ4v) is 5.14. The highest BCUT2D eigenvalue weighted by Gasteiger charge is 2.31. The van der Waals surface area contributed by atoms with Crippen LogP contribution in [-0.4, -0.2) is 11.1 Å². The van der Waals surface area contributed by atoms with Gasteiger partial charge in [-0.15, -0.1) is 0 Å². The summed E-state index contributed by atoms with van der Waals surface area (Å²) < 4.78 is 40.9. The second kappa shape index (κ2) is 11.3. The Balaban J connectivity index is 1.99. The molecule has 4 rings (SSSR count). The van der Waals surface area contributed by atoms with E-state index in [2.05, 4.69) is 32.1 Å². The number of allylic oxidation sites excluding steroid dienone is 3. The number of hydrogen-bond acceptors (Lipinski definition) is 1. The molecular weight excluding hydrogens is 485 g/mol. The van der Waals surface area contributed by atoms with Crippen LogP contribution in [0.15, 0.2) is 84.4 Å². The minimum absolute atomic E-state index is 0.149. The fourth-order valence-electron chi connectivity index (χ4n) is 5.14. The highest BCUT2D eigenvalue weighted by atomic mass is 19.4. The number of fused-ring (bicyclic) bond motifs is 1. The number of rotatable bonds is 6. The van der Waals surface area contributed by atoms with Gasteiger partial charge in [-0.1, -0.05) is 87.5 Å². The van der Waals surface area contributed by atoms with E-state index >= 15 is 0 Å². The molecule has 0 fully saturated rings. The topological polar surface area (TPSA) is 37.3 Å². The lowest BCUT2D eigenvalue weighted by Gasteiger charge is -2.26. The quantitative estimate of drug-likeness (QED) is 0.262. The van der Waals surface area contributed by atoms with Crippen LogP contribution in [0, 0.1) is 11.8 Å². The summed E-state index contributed by atoms with van der Waals surface area (Å²) in [5.41, 5.74) is 6.73. The van der Waals surface area contributed by atoms with Gasteiger partial charge in [0, 0.05) is 6.08 Å². The Morgan fingerprint density at radius 3 is 2.34 bits per heavy atom. The molecule has 38 heavy (non-hydrogen) atoms. The Morgan fingerprint density at radius 2 is 1.68 bits per heavy atom. The van der Waals surface area contributed by atoms with E-state index in [1.165, 1.54) is 23.8 Å². The SMILES string of the molecule is CC/C(=C(\C1=Cc2ccccc2C[C@@H](C)C1C)c1ccc(/C=C/C(=O)O)cc1)c1cccc(C(F)(F)F)c1. The van der Waals surface area contributed by atoms with Gasteiger partial charge in [0.1, 0.15) is 0 Å². The molecule has 0 heterocycles. The van der Waals surface area contributed by atoms with Crippen LogP contribution in [0.1, 0.15) is 60.6 Å². The summed E-state index contributed by atoms with van der Waals surface area (Å²) in [6, 6.07) is 21.4. The van der Waals surface area contributed by atoms with Crippen LogP contribution >= 0.6 is 0 Å². The van der Waals surface area contributed by atoms with E-state index in [0.717, 1.165) is 52.0 Å². The molecule has 0 aromatic heterocycles. The summed E-state index contributed by atoms with van der Waals surface area (Å²) in [6.45, 7) is 6.37. The first-order chi connectivity index (χ1) is 18.1. The highest BCUT2D eigenvalue weighted by Crippen LogP contribution is 2.44. The zero-order chi connectivity index (χ0) is 27.4. The van der Waals surface area contributed by atoms with Crippen molar-refractivity contribution < 1.29 is 23.1 Å². The molecule has 2 atom stereocenters. The first kappa shape index (κ1) is 27.2. The number of carbonyl (C=O) groups is 1. The Bertz CT molecular complexity index is 1410. The molecule has 0 saturated carbocycles. The van der Waals surface area contributed by atoms with Crippen LogP contribution in [0.25, 0.3) is 23.3 Å². The van der Waals surface area contributed by atoms with Crippen molar-refractivity contribution in [3.8, 4) is 0 Å². The molecule has 0 radical (unpaired) electrons. The number of hydrogen-bond donors (Lipinski definition) is 1. The van der Waals surface area contributed by atoms with Crippen molar-refractivity contribution in [2.24, 2.45) is 11.8 Å². The molecule has 0 amide bonds. The van der Waals surface area contributed by atoms with E-state index in [1.54, 1.807) is 6.07 Å². The number of halogens is 3. The van der Waals surface area contributed by atoms with Crippen LogP contribution in [-0.2, 0) is 17.4 Å². The number of aliphatic carboxylic acids is 1. The van der Waals surface area contributed by atoms with Crippen molar-refractivity contribution in [1.82, 2.24) is 0 Å². The van der Waals surface area contributed by atoms with Crippen LogP contribution in [0.5, 0.6) is 0 Å². The van der Waals surface area contributed by atoms with Gasteiger partial charge in [0.15, 0.2) is 0 Å². The fraction of sp³-hybridized carbons (Fsp3) is 0.242. The number of carboxylic acids is 1. The van der Waals surface area contributed by atoms with Gasteiger partial charge in [0.2, 0.25) is 0 Å². The maximum Gasteiger partial charge on any atom is 0.416 e. The Labute approximate surface area is 221 Å². The van der Waals surface area contributed by atoms with Gasteiger partial charge in [-0.25, -0.2) is 4.79 Å². The maximum absolute atomic E-state index is 13.6. The minimum atomic E-state index is -4.44. The molecule has 1 aliphatic carbocycles. The molecule has 0 spiro atoms. The zero-order valence-electron chi connectivity index (χ0n) is 21.7. The van der Waals surface area contributed by atoms with Gasteiger partial charge in [-0.05, 0) is 87.4 Å². The van der Waals surface area contributed by atoms with Gasteiger partial charge >= 0.3 is 12.1 Å². The molecule has 1 aliphatic rings. The summed E-state index contributed by atoms with van der Waals surface area (Å²) in [4.78, 5) is 11.0. The average Bonchev–Trinajstić information content (AvgIpc) is 3.01. The van der Waals surface area contributed by atoms with Gasteiger partial charge in [0.05, 0.1) is 5.56 Å². The van der Waals surface area contributed by atoms with E-state index in [4.69, 9.17) is 5.11 Å². The summed E-state index contributed by atoms with van der Waals surface area (Å²) >= 11 is 0. The average molecular weight is 517 g/mol. The van der Waals surface area contributed by atoms with E-state index in [0.29, 0.717) is 17.9 Å². The Morgan fingerprint density at radius 1 is 0.974 bits per heavy atom. The largest absolute Gasteiger partial charge is 0.478 e. The molecule has 0 aliphatic heterocycles. The van der Waals surface area contributed by atoms with Crippen molar-refractivity contribution in [1.29, 1.82) is 0 Å². The van der Waals surface area contributed by atoms with Gasteiger partial charge in [0.25, 0.3) is 0 Å². The Kier molecular flexibility index (Phi) is 8.05. The van der Waals surface area contributed by atoms with Crippen LogP contribution in [0.2, 0.25) is 0 Å². The molecule has 3 aromatic carbocycles. The molecule has 196 valence electrons. The molecule has 1 unspecified atom stereocenters. The van der Waals surface area contributed by atoms with Crippen molar-refractivity contribution in [3.05, 3.63) is 118 Å². The highest BCUT2D eigenvalue weighted by molar-refractivity contribution is 6.01. The smallest absolute Gasteiger partial charge is 0.416 e. The first-order valence-electron chi connectivity index (χ1n) is 12.8. The van der Waals surface area contributed by atoms with Crippen molar-refractivity contribution in [2.75, 3.05) is 0 Å². The molecule has 0 saturated heterocycles. The summed E-state index contributed by atoms with van der Waals surface area (Å²) in [7, 11) is 0. The monoisotopic (exact) mass is 516 g/mol. The van der Waals surface area contributed by atoms with E-state index in [9.17, 15) is 18.0 Å². The van der Waals surface area contributed by atoms with E-state index in [-0.39, 0.29) is 5.92 Å². The molecule has 5 heteroatoms. The normalized spacial score (nSPS) is 18.4. The third-order valence-corrected chi connectivity index (χ3v) is 7.35. The van der Waals surface area contributed by atoms with Gasteiger partial charge in [-0.3, -0.25) is 0 Å². The minimum Gasteiger partial charge on any atom is -0.478 e.